The fourth-order valence-corrected chi connectivity index (χ4v) is 4.18. The number of hydrogen-bond donors (Lipinski definition) is 1. The first-order chi connectivity index (χ1) is 13.8. The molecule has 0 saturated carbocycles. The number of carbonyl (C=O) groups is 2. The molecule has 7 heteroatoms. The summed E-state index contributed by atoms with van der Waals surface area (Å²) in [6.45, 7) is 0. The fourth-order valence-electron chi connectivity index (χ4n) is 4.18. The Bertz CT molecular complexity index is 946. The lowest BCUT2D eigenvalue weighted by molar-refractivity contribution is -0.238. The molecular formula is C22H18F3NO3. The number of alkyl halides is 3. The average molecular weight is 401 g/mol. The Balaban J connectivity index is 1.96. The molecule has 150 valence electrons. The number of amides is 1. The Morgan fingerprint density at radius 1 is 0.897 bits per heavy atom. The summed E-state index contributed by atoms with van der Waals surface area (Å²) in [6, 6.07) is 16.4. The molecule has 2 aliphatic rings. The van der Waals surface area contributed by atoms with E-state index < -0.39 is 35.1 Å². The topological polar surface area (TPSA) is 57.6 Å². The Morgan fingerprint density at radius 2 is 1.41 bits per heavy atom. The summed E-state index contributed by atoms with van der Waals surface area (Å²) >= 11 is 0. The molecule has 0 fully saturated rings. The third-order valence-electron chi connectivity index (χ3n) is 5.46. The number of hydrogen-bond acceptors (Lipinski definition) is 3. The smallest absolute Gasteiger partial charge is 0.368 e. The maximum atomic E-state index is 13.9. The van der Waals surface area contributed by atoms with Crippen molar-refractivity contribution in [3.63, 3.8) is 0 Å². The van der Waals surface area contributed by atoms with Gasteiger partial charge in [0, 0.05) is 12.1 Å². The molecule has 4 nitrogen and oxygen atoms in total. The Labute approximate surface area is 165 Å². The minimum Gasteiger partial charge on any atom is -0.368 e. The van der Waals surface area contributed by atoms with Crippen molar-refractivity contribution in [2.45, 2.75) is 37.1 Å². The lowest BCUT2D eigenvalue weighted by Crippen LogP contribution is -2.55. The number of nitrogens with zero attached hydrogens (tertiary/aromatic N) is 1. The number of carbonyl (C=O) groups excluding carboxylic acids is 2. The van der Waals surface area contributed by atoms with E-state index in [0.717, 1.165) is 4.90 Å². The van der Waals surface area contributed by atoms with Crippen LogP contribution in [0.5, 0.6) is 0 Å². The number of Topliss-reactive ketones (excluding diaryl/α,β-unsaturated/α-hetero) is 1. The Hall–Kier alpha value is -2.93. The zero-order valence-corrected chi connectivity index (χ0v) is 15.3. The van der Waals surface area contributed by atoms with Crippen LogP contribution in [-0.4, -0.2) is 33.5 Å². The zero-order valence-electron chi connectivity index (χ0n) is 15.3. The third kappa shape index (κ3) is 2.88. The van der Waals surface area contributed by atoms with Crippen molar-refractivity contribution >= 4 is 11.7 Å². The van der Waals surface area contributed by atoms with E-state index in [2.05, 4.69) is 0 Å². The van der Waals surface area contributed by atoms with Gasteiger partial charge < -0.3 is 10.0 Å². The van der Waals surface area contributed by atoms with Gasteiger partial charge in [0.1, 0.15) is 0 Å². The normalized spacial score (nSPS) is 22.4. The summed E-state index contributed by atoms with van der Waals surface area (Å²) in [5.41, 5.74) is -3.50. The highest BCUT2D eigenvalue weighted by molar-refractivity contribution is 6.11. The molecule has 0 aromatic heterocycles. The number of rotatable bonds is 3. The third-order valence-corrected chi connectivity index (χ3v) is 5.46. The summed E-state index contributed by atoms with van der Waals surface area (Å²) < 4.78 is 41.7. The van der Waals surface area contributed by atoms with Crippen LogP contribution >= 0.6 is 0 Å². The van der Waals surface area contributed by atoms with E-state index in [9.17, 15) is 27.9 Å². The Kier molecular flexibility index (Phi) is 4.58. The molecular weight excluding hydrogens is 383 g/mol. The number of allylic oxidation sites excluding steroid dienone is 1. The van der Waals surface area contributed by atoms with Gasteiger partial charge in [0.2, 0.25) is 0 Å². The second-order valence-corrected chi connectivity index (χ2v) is 7.21. The van der Waals surface area contributed by atoms with Crippen molar-refractivity contribution in [3.05, 3.63) is 83.1 Å². The molecule has 4 rings (SSSR count). The molecule has 0 spiro atoms. The second-order valence-electron chi connectivity index (χ2n) is 7.21. The van der Waals surface area contributed by atoms with E-state index in [4.69, 9.17) is 0 Å². The van der Waals surface area contributed by atoms with Crippen LogP contribution < -0.4 is 0 Å². The van der Waals surface area contributed by atoms with Crippen LogP contribution in [0, 0.1) is 0 Å². The first kappa shape index (κ1) is 19.4. The van der Waals surface area contributed by atoms with Crippen LogP contribution in [0.25, 0.3) is 0 Å². The molecule has 2 aromatic rings. The number of benzene rings is 2. The molecule has 1 aliphatic heterocycles. The summed E-state index contributed by atoms with van der Waals surface area (Å²) in [4.78, 5) is 26.5. The van der Waals surface area contributed by atoms with Gasteiger partial charge in [-0.2, -0.15) is 13.2 Å². The van der Waals surface area contributed by atoms with Gasteiger partial charge in [-0.25, -0.2) is 0 Å². The predicted octanol–water partition coefficient (Wildman–Crippen LogP) is 3.92. The number of aliphatic hydroxyl groups is 1. The van der Waals surface area contributed by atoms with Crippen molar-refractivity contribution in [3.8, 4) is 0 Å². The summed E-state index contributed by atoms with van der Waals surface area (Å²) in [7, 11) is 0. The van der Waals surface area contributed by atoms with Gasteiger partial charge in [0.25, 0.3) is 11.5 Å². The van der Waals surface area contributed by atoms with Gasteiger partial charge in [0.05, 0.1) is 11.6 Å². The SMILES string of the molecule is O=C1CCCC2=C1C(O)(C(F)(F)F)C(=O)N2C(c1ccccc1)c1ccccc1. The van der Waals surface area contributed by atoms with Crippen LogP contribution in [-0.2, 0) is 9.59 Å². The van der Waals surface area contributed by atoms with Gasteiger partial charge in [-0.1, -0.05) is 60.7 Å². The van der Waals surface area contributed by atoms with Crippen molar-refractivity contribution in [2.75, 3.05) is 0 Å². The van der Waals surface area contributed by atoms with Crippen molar-refractivity contribution in [1.82, 2.24) is 4.90 Å². The predicted molar refractivity (Wildman–Crippen MR) is 98.5 cm³/mol. The van der Waals surface area contributed by atoms with Gasteiger partial charge in [-0.05, 0) is 24.0 Å². The van der Waals surface area contributed by atoms with E-state index in [0.29, 0.717) is 17.5 Å². The maximum absolute atomic E-state index is 13.9. The highest BCUT2D eigenvalue weighted by Crippen LogP contribution is 2.51. The highest BCUT2D eigenvalue weighted by Gasteiger charge is 2.70. The monoisotopic (exact) mass is 401 g/mol. The van der Waals surface area contributed by atoms with E-state index >= 15 is 0 Å². The molecule has 1 heterocycles. The van der Waals surface area contributed by atoms with Gasteiger partial charge >= 0.3 is 6.18 Å². The van der Waals surface area contributed by atoms with E-state index in [1.165, 1.54) is 0 Å². The lowest BCUT2D eigenvalue weighted by Gasteiger charge is -2.33. The molecule has 0 saturated heterocycles. The van der Waals surface area contributed by atoms with Crippen LogP contribution in [0.1, 0.15) is 36.4 Å². The first-order valence-corrected chi connectivity index (χ1v) is 9.26. The summed E-state index contributed by atoms with van der Waals surface area (Å²) in [5.74, 6) is -2.36. The summed E-state index contributed by atoms with van der Waals surface area (Å²) in [6.07, 6.45) is -4.99. The molecule has 0 bridgehead atoms. The number of halogens is 3. The minimum absolute atomic E-state index is 0.0382. The highest BCUT2D eigenvalue weighted by atomic mass is 19.4. The molecule has 29 heavy (non-hydrogen) atoms. The molecule has 2 aromatic carbocycles. The van der Waals surface area contributed by atoms with Gasteiger partial charge in [-0.3, -0.25) is 9.59 Å². The van der Waals surface area contributed by atoms with Crippen LogP contribution in [0.15, 0.2) is 71.9 Å². The molecule has 1 aliphatic carbocycles. The maximum Gasteiger partial charge on any atom is 0.430 e. The van der Waals surface area contributed by atoms with E-state index in [1.54, 1.807) is 60.7 Å². The fraction of sp³-hybridized carbons (Fsp3) is 0.273. The van der Waals surface area contributed by atoms with Crippen molar-refractivity contribution < 1.29 is 27.9 Å². The van der Waals surface area contributed by atoms with Gasteiger partial charge in [-0.15, -0.1) is 0 Å². The van der Waals surface area contributed by atoms with E-state index in [1.807, 2.05) is 0 Å². The molecule has 1 N–H and O–H groups in total. The molecule has 0 radical (unpaired) electrons. The molecule has 1 unspecified atom stereocenters. The minimum atomic E-state index is -5.30. The molecule has 1 amide bonds. The largest absolute Gasteiger partial charge is 0.430 e. The van der Waals surface area contributed by atoms with Crippen LogP contribution in [0.3, 0.4) is 0 Å². The van der Waals surface area contributed by atoms with E-state index in [-0.39, 0.29) is 18.5 Å². The van der Waals surface area contributed by atoms with Crippen LogP contribution in [0.4, 0.5) is 13.2 Å². The molecule has 1 atom stereocenters. The van der Waals surface area contributed by atoms with Crippen molar-refractivity contribution in [1.29, 1.82) is 0 Å². The standard InChI is InChI=1S/C22H18F3NO3/c23-22(24,25)21(29)18-16(12-7-13-17(18)27)26(20(21)28)19(14-8-3-1-4-9-14)15-10-5-2-6-11-15/h1-6,8-11,19,29H,7,12-13H2. The second kappa shape index (κ2) is 6.84. The average Bonchev–Trinajstić information content (AvgIpc) is 2.94. The zero-order chi connectivity index (χ0) is 20.8. The Morgan fingerprint density at radius 3 is 1.90 bits per heavy atom. The van der Waals surface area contributed by atoms with Crippen LogP contribution in [0.2, 0.25) is 0 Å². The summed E-state index contributed by atoms with van der Waals surface area (Å²) in [5, 5.41) is 10.6. The van der Waals surface area contributed by atoms with Gasteiger partial charge in [0.15, 0.2) is 5.78 Å². The van der Waals surface area contributed by atoms with Crippen molar-refractivity contribution in [2.24, 2.45) is 0 Å². The first-order valence-electron chi connectivity index (χ1n) is 9.26. The quantitative estimate of drug-likeness (QED) is 0.848. The lowest BCUT2D eigenvalue weighted by atomic mass is 9.85. The number of ketones is 1.